The third kappa shape index (κ3) is 4.06. The Kier molecular flexibility index (Phi) is 4.86. The van der Waals surface area contributed by atoms with Gasteiger partial charge in [-0.15, -0.1) is 0 Å². The maximum atomic E-state index is 12.3. The first-order valence-corrected chi connectivity index (χ1v) is 8.07. The lowest BCUT2D eigenvalue weighted by Gasteiger charge is -2.31. The fourth-order valence-electron chi connectivity index (χ4n) is 2.84. The minimum atomic E-state index is 0.0837. The zero-order valence-corrected chi connectivity index (χ0v) is 13.4. The predicted molar refractivity (Wildman–Crippen MR) is 90.0 cm³/mol. The van der Waals surface area contributed by atoms with Gasteiger partial charge in [-0.3, -0.25) is 4.79 Å². The van der Waals surface area contributed by atoms with E-state index in [4.69, 9.17) is 0 Å². The second kappa shape index (κ2) is 7.22. The standard InChI is InChI=1S/C18H22N4O/c1-14-3-5-15(6-4-14)13-21-17(23)16-7-11-22(12-8-16)18-19-9-2-10-20-18/h2-6,9-10,16H,7-8,11-13H2,1H3,(H,21,23). The average Bonchev–Trinajstić information content (AvgIpc) is 2.62. The SMILES string of the molecule is Cc1ccc(CNC(=O)C2CCN(c3ncccn3)CC2)cc1. The van der Waals surface area contributed by atoms with E-state index in [1.807, 2.05) is 6.07 Å². The maximum Gasteiger partial charge on any atom is 0.225 e. The summed E-state index contributed by atoms with van der Waals surface area (Å²) in [6.45, 7) is 4.31. The number of benzene rings is 1. The molecule has 0 radical (unpaired) electrons. The number of nitrogens with zero attached hydrogens (tertiary/aromatic N) is 3. The van der Waals surface area contributed by atoms with Gasteiger partial charge in [0.25, 0.3) is 0 Å². The van der Waals surface area contributed by atoms with Gasteiger partial charge in [-0.25, -0.2) is 9.97 Å². The molecule has 120 valence electrons. The molecule has 0 spiro atoms. The average molecular weight is 310 g/mol. The Morgan fingerprint density at radius 1 is 1.17 bits per heavy atom. The second-order valence-electron chi connectivity index (χ2n) is 6.01. The molecule has 1 fully saturated rings. The molecular weight excluding hydrogens is 288 g/mol. The van der Waals surface area contributed by atoms with E-state index in [0.717, 1.165) is 37.4 Å². The van der Waals surface area contributed by atoms with Crippen molar-refractivity contribution in [1.29, 1.82) is 0 Å². The summed E-state index contributed by atoms with van der Waals surface area (Å²) in [6.07, 6.45) is 5.20. The highest BCUT2D eigenvalue weighted by molar-refractivity contribution is 5.78. The van der Waals surface area contributed by atoms with Gasteiger partial charge in [-0.1, -0.05) is 29.8 Å². The number of carbonyl (C=O) groups excluding carboxylic acids is 1. The number of carbonyl (C=O) groups is 1. The number of piperidine rings is 1. The van der Waals surface area contributed by atoms with Crippen LogP contribution in [0, 0.1) is 12.8 Å². The van der Waals surface area contributed by atoms with Crippen LogP contribution in [0.1, 0.15) is 24.0 Å². The highest BCUT2D eigenvalue weighted by Crippen LogP contribution is 2.20. The van der Waals surface area contributed by atoms with Gasteiger partial charge in [0.1, 0.15) is 0 Å². The van der Waals surface area contributed by atoms with E-state index >= 15 is 0 Å². The van der Waals surface area contributed by atoms with E-state index in [1.165, 1.54) is 5.56 Å². The molecule has 1 saturated heterocycles. The van der Waals surface area contributed by atoms with E-state index in [9.17, 15) is 4.79 Å². The molecule has 1 amide bonds. The van der Waals surface area contributed by atoms with Crippen molar-refractivity contribution in [1.82, 2.24) is 15.3 Å². The van der Waals surface area contributed by atoms with Crippen LogP contribution in [0.4, 0.5) is 5.95 Å². The van der Waals surface area contributed by atoms with Crippen LogP contribution in [0.25, 0.3) is 0 Å². The maximum absolute atomic E-state index is 12.3. The molecule has 2 aromatic rings. The Balaban J connectivity index is 1.47. The number of amides is 1. The summed E-state index contributed by atoms with van der Waals surface area (Å²) in [5.74, 6) is 0.991. The van der Waals surface area contributed by atoms with Gasteiger partial charge in [-0.2, -0.15) is 0 Å². The third-order valence-corrected chi connectivity index (χ3v) is 4.29. The molecule has 0 saturated carbocycles. The number of hydrogen-bond donors (Lipinski definition) is 1. The van der Waals surface area contributed by atoms with Crippen molar-refractivity contribution < 1.29 is 4.79 Å². The highest BCUT2D eigenvalue weighted by Gasteiger charge is 2.25. The number of aryl methyl sites for hydroxylation is 1. The number of aromatic nitrogens is 2. The van der Waals surface area contributed by atoms with Crippen LogP contribution in [0.2, 0.25) is 0 Å². The van der Waals surface area contributed by atoms with Crippen molar-refractivity contribution >= 4 is 11.9 Å². The normalized spacial score (nSPS) is 15.4. The Morgan fingerprint density at radius 2 is 1.83 bits per heavy atom. The summed E-state index contributed by atoms with van der Waals surface area (Å²) in [5.41, 5.74) is 2.37. The first-order valence-electron chi connectivity index (χ1n) is 8.07. The Labute approximate surface area is 136 Å². The first-order chi connectivity index (χ1) is 11.2. The van der Waals surface area contributed by atoms with Crippen LogP contribution in [-0.4, -0.2) is 29.0 Å². The fourth-order valence-corrected chi connectivity index (χ4v) is 2.84. The van der Waals surface area contributed by atoms with E-state index in [-0.39, 0.29) is 11.8 Å². The van der Waals surface area contributed by atoms with Gasteiger partial charge in [-0.05, 0) is 31.4 Å². The zero-order valence-electron chi connectivity index (χ0n) is 13.4. The van der Waals surface area contributed by atoms with Crippen molar-refractivity contribution in [2.24, 2.45) is 5.92 Å². The fraction of sp³-hybridized carbons (Fsp3) is 0.389. The molecule has 0 atom stereocenters. The van der Waals surface area contributed by atoms with E-state index in [0.29, 0.717) is 6.54 Å². The summed E-state index contributed by atoms with van der Waals surface area (Å²) >= 11 is 0. The second-order valence-corrected chi connectivity index (χ2v) is 6.01. The highest BCUT2D eigenvalue weighted by atomic mass is 16.1. The van der Waals surface area contributed by atoms with Crippen molar-refractivity contribution in [3.05, 3.63) is 53.9 Å². The molecular formula is C18H22N4O. The van der Waals surface area contributed by atoms with Gasteiger partial charge in [0.05, 0.1) is 0 Å². The van der Waals surface area contributed by atoms with Crippen molar-refractivity contribution in [2.75, 3.05) is 18.0 Å². The minimum Gasteiger partial charge on any atom is -0.352 e. The summed E-state index contributed by atoms with van der Waals surface area (Å²) in [6, 6.07) is 10.1. The lowest BCUT2D eigenvalue weighted by atomic mass is 9.96. The van der Waals surface area contributed by atoms with Crippen molar-refractivity contribution in [3.8, 4) is 0 Å². The quantitative estimate of drug-likeness (QED) is 0.941. The molecule has 5 nitrogen and oxygen atoms in total. The summed E-state index contributed by atoms with van der Waals surface area (Å²) in [7, 11) is 0. The van der Waals surface area contributed by atoms with E-state index < -0.39 is 0 Å². The van der Waals surface area contributed by atoms with Crippen LogP contribution < -0.4 is 10.2 Å². The molecule has 1 aromatic heterocycles. The van der Waals surface area contributed by atoms with Gasteiger partial charge >= 0.3 is 0 Å². The Morgan fingerprint density at radius 3 is 2.48 bits per heavy atom. The minimum absolute atomic E-state index is 0.0837. The first kappa shape index (κ1) is 15.5. The lowest BCUT2D eigenvalue weighted by Crippen LogP contribution is -2.41. The predicted octanol–water partition coefficient (Wildman–Crippen LogP) is 2.32. The molecule has 3 rings (SSSR count). The van der Waals surface area contributed by atoms with Crippen LogP contribution in [0.3, 0.4) is 0 Å². The molecule has 0 unspecified atom stereocenters. The molecule has 1 aliphatic rings. The molecule has 1 aromatic carbocycles. The smallest absolute Gasteiger partial charge is 0.225 e. The van der Waals surface area contributed by atoms with Gasteiger partial charge in [0, 0.05) is 37.9 Å². The number of nitrogens with one attached hydrogen (secondary N) is 1. The van der Waals surface area contributed by atoms with Crippen LogP contribution in [-0.2, 0) is 11.3 Å². The number of hydrogen-bond acceptors (Lipinski definition) is 4. The molecule has 23 heavy (non-hydrogen) atoms. The van der Waals surface area contributed by atoms with Crippen molar-refractivity contribution in [2.45, 2.75) is 26.3 Å². The summed E-state index contributed by atoms with van der Waals surface area (Å²) in [5, 5.41) is 3.05. The van der Waals surface area contributed by atoms with Crippen molar-refractivity contribution in [3.63, 3.8) is 0 Å². The van der Waals surface area contributed by atoms with Crippen LogP contribution in [0.5, 0.6) is 0 Å². The van der Waals surface area contributed by atoms with Gasteiger partial charge in [0.15, 0.2) is 0 Å². The van der Waals surface area contributed by atoms with Crippen LogP contribution in [0.15, 0.2) is 42.7 Å². The molecule has 5 heteroatoms. The van der Waals surface area contributed by atoms with Gasteiger partial charge < -0.3 is 10.2 Å². The third-order valence-electron chi connectivity index (χ3n) is 4.29. The molecule has 1 N–H and O–H groups in total. The van der Waals surface area contributed by atoms with E-state index in [1.54, 1.807) is 12.4 Å². The largest absolute Gasteiger partial charge is 0.352 e. The van der Waals surface area contributed by atoms with Gasteiger partial charge in [0.2, 0.25) is 11.9 Å². The van der Waals surface area contributed by atoms with E-state index in [2.05, 4.69) is 51.4 Å². The Bertz CT molecular complexity index is 634. The number of anilines is 1. The number of rotatable bonds is 4. The molecule has 2 heterocycles. The summed E-state index contributed by atoms with van der Waals surface area (Å²) in [4.78, 5) is 23.0. The molecule has 0 bridgehead atoms. The zero-order chi connectivity index (χ0) is 16.1. The topological polar surface area (TPSA) is 58.1 Å². The monoisotopic (exact) mass is 310 g/mol. The summed E-state index contributed by atoms with van der Waals surface area (Å²) < 4.78 is 0. The molecule has 0 aliphatic carbocycles. The van der Waals surface area contributed by atoms with Crippen LogP contribution >= 0.6 is 0 Å². The molecule has 1 aliphatic heterocycles. The lowest BCUT2D eigenvalue weighted by molar-refractivity contribution is -0.125. The Hall–Kier alpha value is -2.43.